The van der Waals surface area contributed by atoms with Gasteiger partial charge in [-0.25, -0.2) is 4.68 Å². The second kappa shape index (κ2) is 5.40. The first-order valence-electron chi connectivity index (χ1n) is 5.83. The zero-order valence-corrected chi connectivity index (χ0v) is 11.0. The van der Waals surface area contributed by atoms with Gasteiger partial charge in [-0.15, -0.1) is 5.10 Å². The van der Waals surface area contributed by atoms with E-state index in [0.29, 0.717) is 29.0 Å². The van der Waals surface area contributed by atoms with Crippen molar-refractivity contribution in [1.29, 1.82) is 0 Å². The first kappa shape index (κ1) is 12.8. The number of nitrogens with zero attached hydrogens (tertiary/aromatic N) is 5. The first-order valence-corrected chi connectivity index (χ1v) is 6.21. The van der Waals surface area contributed by atoms with Crippen molar-refractivity contribution in [1.82, 2.24) is 25.1 Å². The quantitative estimate of drug-likeness (QED) is 0.784. The summed E-state index contributed by atoms with van der Waals surface area (Å²) < 4.78 is 6.67. The maximum Gasteiger partial charge on any atom is 0.248 e. The summed E-state index contributed by atoms with van der Waals surface area (Å²) in [4.78, 5) is 4.27. The lowest BCUT2D eigenvalue weighted by atomic mass is 10.2. The minimum atomic E-state index is -0.153. The molecule has 3 aromatic rings. The van der Waals surface area contributed by atoms with E-state index in [-0.39, 0.29) is 6.61 Å². The SMILES string of the molecule is OCc1cn(Cc2nc(-c3ccc(Cl)cc3)no2)nn1. The van der Waals surface area contributed by atoms with E-state index in [2.05, 4.69) is 20.5 Å². The summed E-state index contributed by atoms with van der Waals surface area (Å²) in [5.74, 6) is 0.892. The fourth-order valence-corrected chi connectivity index (χ4v) is 1.79. The summed E-state index contributed by atoms with van der Waals surface area (Å²) in [5.41, 5.74) is 1.31. The molecule has 1 aromatic carbocycles. The summed E-state index contributed by atoms with van der Waals surface area (Å²) in [7, 11) is 0. The van der Waals surface area contributed by atoms with Gasteiger partial charge in [0.05, 0.1) is 12.8 Å². The number of rotatable bonds is 4. The molecule has 2 heterocycles. The van der Waals surface area contributed by atoms with Crippen LogP contribution in [0.2, 0.25) is 5.02 Å². The van der Waals surface area contributed by atoms with E-state index in [1.54, 1.807) is 18.3 Å². The highest BCUT2D eigenvalue weighted by atomic mass is 35.5. The standard InChI is InChI=1S/C12H10ClN5O2/c13-9-3-1-8(2-4-9)12-14-11(20-16-12)6-18-5-10(7-19)15-17-18/h1-5,19H,6-7H2. The van der Waals surface area contributed by atoms with Crippen molar-refractivity contribution in [2.75, 3.05) is 0 Å². The second-order valence-corrected chi connectivity index (χ2v) is 4.52. The summed E-state index contributed by atoms with van der Waals surface area (Å²) in [6.07, 6.45) is 1.62. The minimum Gasteiger partial charge on any atom is -0.390 e. The lowest BCUT2D eigenvalue weighted by Gasteiger charge is -1.94. The Balaban J connectivity index is 1.78. The predicted molar refractivity (Wildman–Crippen MR) is 69.8 cm³/mol. The normalized spacial score (nSPS) is 10.9. The van der Waals surface area contributed by atoms with Crippen LogP contribution < -0.4 is 0 Å². The van der Waals surface area contributed by atoms with E-state index >= 15 is 0 Å². The molecule has 1 N–H and O–H groups in total. The Morgan fingerprint density at radius 2 is 2.05 bits per heavy atom. The zero-order chi connectivity index (χ0) is 13.9. The fraction of sp³-hybridized carbons (Fsp3) is 0.167. The van der Waals surface area contributed by atoms with Gasteiger partial charge in [-0.05, 0) is 24.3 Å². The van der Waals surface area contributed by atoms with Crippen molar-refractivity contribution in [3.63, 3.8) is 0 Å². The highest BCUT2D eigenvalue weighted by molar-refractivity contribution is 6.30. The molecule has 0 aliphatic rings. The summed E-state index contributed by atoms with van der Waals surface area (Å²) in [6.45, 7) is 0.146. The van der Waals surface area contributed by atoms with E-state index < -0.39 is 0 Å². The molecule has 3 rings (SSSR count). The van der Waals surface area contributed by atoms with Crippen LogP contribution in [-0.2, 0) is 13.2 Å². The van der Waals surface area contributed by atoms with Crippen LogP contribution in [0.3, 0.4) is 0 Å². The van der Waals surface area contributed by atoms with Gasteiger partial charge >= 0.3 is 0 Å². The third-order valence-electron chi connectivity index (χ3n) is 2.62. The van der Waals surface area contributed by atoms with E-state index in [0.717, 1.165) is 5.56 Å². The zero-order valence-electron chi connectivity index (χ0n) is 10.3. The molecule has 20 heavy (non-hydrogen) atoms. The average Bonchev–Trinajstić information content (AvgIpc) is 3.09. The average molecular weight is 292 g/mol. The Bertz CT molecular complexity index is 707. The molecule has 0 bridgehead atoms. The number of aliphatic hydroxyl groups excluding tert-OH is 1. The van der Waals surface area contributed by atoms with Gasteiger partial charge in [0.1, 0.15) is 12.2 Å². The Kier molecular flexibility index (Phi) is 3.44. The number of hydrogen-bond acceptors (Lipinski definition) is 6. The lowest BCUT2D eigenvalue weighted by molar-refractivity contribution is 0.276. The smallest absolute Gasteiger partial charge is 0.248 e. The number of halogens is 1. The molecule has 0 aliphatic heterocycles. The third kappa shape index (κ3) is 2.68. The van der Waals surface area contributed by atoms with Gasteiger partial charge in [-0.2, -0.15) is 4.98 Å². The topological polar surface area (TPSA) is 89.9 Å². The molecule has 0 radical (unpaired) electrons. The molecule has 0 unspecified atom stereocenters. The molecule has 7 nitrogen and oxygen atoms in total. The predicted octanol–water partition coefficient (Wildman–Crippen LogP) is 1.52. The van der Waals surface area contributed by atoms with Crippen molar-refractivity contribution in [2.45, 2.75) is 13.2 Å². The van der Waals surface area contributed by atoms with Crippen LogP contribution in [0.15, 0.2) is 35.0 Å². The maximum atomic E-state index is 8.91. The fourth-order valence-electron chi connectivity index (χ4n) is 1.66. The second-order valence-electron chi connectivity index (χ2n) is 4.08. The maximum absolute atomic E-state index is 8.91. The van der Waals surface area contributed by atoms with E-state index in [9.17, 15) is 0 Å². The van der Waals surface area contributed by atoms with Crippen LogP contribution in [0.25, 0.3) is 11.4 Å². The number of benzene rings is 1. The first-order chi connectivity index (χ1) is 9.74. The van der Waals surface area contributed by atoms with Crippen LogP contribution in [-0.4, -0.2) is 30.2 Å². The van der Waals surface area contributed by atoms with E-state index in [1.165, 1.54) is 4.68 Å². The molecule has 2 aromatic heterocycles. The van der Waals surface area contributed by atoms with Gasteiger partial charge in [-0.3, -0.25) is 0 Å². The molecule has 0 fully saturated rings. The van der Waals surface area contributed by atoms with Crippen molar-refractivity contribution in [3.05, 3.63) is 47.1 Å². The molecule has 0 aliphatic carbocycles. The van der Waals surface area contributed by atoms with Crippen molar-refractivity contribution >= 4 is 11.6 Å². The van der Waals surface area contributed by atoms with Crippen molar-refractivity contribution in [3.8, 4) is 11.4 Å². The molecule has 0 saturated carbocycles. The van der Waals surface area contributed by atoms with Gasteiger partial charge < -0.3 is 9.63 Å². The number of aromatic nitrogens is 5. The molecule has 0 atom stereocenters. The van der Waals surface area contributed by atoms with Crippen LogP contribution in [0.5, 0.6) is 0 Å². The Hall–Kier alpha value is -2.25. The van der Waals surface area contributed by atoms with Gasteiger partial charge in [-0.1, -0.05) is 22.0 Å². The monoisotopic (exact) mass is 291 g/mol. The molecule has 102 valence electrons. The van der Waals surface area contributed by atoms with Crippen LogP contribution in [0, 0.1) is 0 Å². The Morgan fingerprint density at radius 1 is 1.25 bits per heavy atom. The summed E-state index contributed by atoms with van der Waals surface area (Å²) in [6, 6.07) is 7.16. The number of hydrogen-bond donors (Lipinski definition) is 1. The molecule has 0 spiro atoms. The van der Waals surface area contributed by atoms with Gasteiger partial charge in [0, 0.05) is 10.6 Å². The largest absolute Gasteiger partial charge is 0.390 e. The highest BCUT2D eigenvalue weighted by Crippen LogP contribution is 2.18. The molecule has 8 heteroatoms. The van der Waals surface area contributed by atoms with Crippen LogP contribution in [0.1, 0.15) is 11.6 Å². The summed E-state index contributed by atoms with van der Waals surface area (Å²) >= 11 is 5.82. The third-order valence-corrected chi connectivity index (χ3v) is 2.87. The van der Waals surface area contributed by atoms with Crippen molar-refractivity contribution < 1.29 is 9.63 Å². The lowest BCUT2D eigenvalue weighted by Crippen LogP contribution is -2.00. The molecular formula is C12H10ClN5O2. The molecule has 0 amide bonds. The minimum absolute atomic E-state index is 0.153. The summed E-state index contributed by atoms with van der Waals surface area (Å²) in [5, 5.41) is 21.1. The van der Waals surface area contributed by atoms with Crippen LogP contribution >= 0.6 is 11.6 Å². The molecular weight excluding hydrogens is 282 g/mol. The van der Waals surface area contributed by atoms with Crippen molar-refractivity contribution in [2.24, 2.45) is 0 Å². The molecule has 0 saturated heterocycles. The van der Waals surface area contributed by atoms with E-state index in [4.69, 9.17) is 21.2 Å². The van der Waals surface area contributed by atoms with Gasteiger partial charge in [0.25, 0.3) is 0 Å². The Morgan fingerprint density at radius 3 is 2.75 bits per heavy atom. The Labute approximate surface area is 118 Å². The van der Waals surface area contributed by atoms with E-state index in [1.807, 2.05) is 12.1 Å². The van der Waals surface area contributed by atoms with Gasteiger partial charge in [0.2, 0.25) is 11.7 Å². The van der Waals surface area contributed by atoms with Gasteiger partial charge in [0.15, 0.2) is 0 Å². The van der Waals surface area contributed by atoms with Crippen LogP contribution in [0.4, 0.5) is 0 Å². The number of aliphatic hydroxyl groups is 1. The highest BCUT2D eigenvalue weighted by Gasteiger charge is 2.10.